The van der Waals surface area contributed by atoms with Crippen LogP contribution < -0.4 is 4.18 Å². The van der Waals surface area contributed by atoms with Crippen LogP contribution in [0, 0.1) is 0 Å². The first-order valence-corrected chi connectivity index (χ1v) is 4.09. The van der Waals surface area contributed by atoms with Gasteiger partial charge in [-0.2, -0.15) is 0 Å². The molecule has 0 bridgehead atoms. The summed E-state index contributed by atoms with van der Waals surface area (Å²) in [6, 6.07) is 6.03. The average Bonchev–Trinajstić information content (AvgIpc) is 1.93. The minimum absolute atomic E-state index is 0.253. The molecule has 3 nitrogen and oxygen atoms in total. The maximum atomic E-state index is 10.00. The summed E-state index contributed by atoms with van der Waals surface area (Å²) in [6.07, 6.45) is 0. The maximum Gasteiger partial charge on any atom is 0.139 e. The summed E-state index contributed by atoms with van der Waals surface area (Å²) in [7, 11) is 0. The third-order valence-corrected chi connectivity index (χ3v) is 1.56. The molecule has 0 aliphatic carbocycles. The largest absolute Gasteiger partial charge is 0.740 e. The van der Waals surface area contributed by atoms with E-state index < -0.39 is 11.4 Å². The van der Waals surface area contributed by atoms with E-state index in [4.69, 9.17) is 11.6 Å². The van der Waals surface area contributed by atoms with Gasteiger partial charge in [0.05, 0.1) is 0 Å². The van der Waals surface area contributed by atoms with E-state index >= 15 is 0 Å². The Kier molecular flexibility index (Phi) is 2.87. The minimum Gasteiger partial charge on any atom is -0.740 e. The molecule has 1 atom stereocenters. The zero-order valence-electron chi connectivity index (χ0n) is 5.32. The minimum atomic E-state index is -2.52. The summed E-state index contributed by atoms with van der Waals surface area (Å²) >= 11 is 3.02. The molecule has 60 valence electrons. The van der Waals surface area contributed by atoms with Crippen LogP contribution in [0.3, 0.4) is 0 Å². The Hall–Kier alpha value is -0.580. The molecule has 0 aromatic heterocycles. The van der Waals surface area contributed by atoms with Crippen LogP contribution in [0.15, 0.2) is 24.3 Å². The summed E-state index contributed by atoms with van der Waals surface area (Å²) in [5.41, 5.74) is 0. The van der Waals surface area contributed by atoms with Gasteiger partial charge >= 0.3 is 0 Å². The summed E-state index contributed by atoms with van der Waals surface area (Å²) in [6.45, 7) is 0. The first-order valence-electron chi connectivity index (χ1n) is 2.71. The number of halogens is 1. The first kappa shape index (κ1) is 8.52. The standard InChI is InChI=1S/C6H5ClO3S/c7-5-1-3-6(4-2-5)10-11(8)9/h1-4H,(H,8,9)/p-1. The quantitative estimate of drug-likeness (QED) is 0.666. The monoisotopic (exact) mass is 191 g/mol. The Bertz CT molecular complexity index is 259. The van der Waals surface area contributed by atoms with Gasteiger partial charge in [0.2, 0.25) is 0 Å². The highest BCUT2D eigenvalue weighted by atomic mass is 35.5. The Morgan fingerprint density at radius 3 is 2.36 bits per heavy atom. The van der Waals surface area contributed by atoms with E-state index in [0.29, 0.717) is 5.02 Å². The smallest absolute Gasteiger partial charge is 0.139 e. The van der Waals surface area contributed by atoms with Crippen LogP contribution in [0.25, 0.3) is 0 Å². The molecule has 0 saturated carbocycles. The van der Waals surface area contributed by atoms with Gasteiger partial charge in [0.25, 0.3) is 0 Å². The fourth-order valence-corrected chi connectivity index (χ4v) is 0.963. The highest BCUT2D eigenvalue weighted by molar-refractivity contribution is 7.74. The van der Waals surface area contributed by atoms with E-state index in [-0.39, 0.29) is 5.75 Å². The second-order valence-electron chi connectivity index (χ2n) is 1.74. The molecule has 5 heteroatoms. The zero-order chi connectivity index (χ0) is 8.27. The molecule has 0 heterocycles. The van der Waals surface area contributed by atoms with Crippen molar-refractivity contribution in [1.29, 1.82) is 0 Å². The molecule has 0 fully saturated rings. The lowest BCUT2D eigenvalue weighted by Crippen LogP contribution is -1.96. The number of hydrogen-bond acceptors (Lipinski definition) is 3. The van der Waals surface area contributed by atoms with Crippen molar-refractivity contribution in [2.24, 2.45) is 0 Å². The second kappa shape index (κ2) is 3.71. The van der Waals surface area contributed by atoms with Crippen molar-refractivity contribution < 1.29 is 12.9 Å². The Balaban J connectivity index is 2.74. The van der Waals surface area contributed by atoms with Gasteiger partial charge in [0.1, 0.15) is 17.1 Å². The van der Waals surface area contributed by atoms with Crippen LogP contribution in [0.5, 0.6) is 5.75 Å². The van der Waals surface area contributed by atoms with E-state index in [0.717, 1.165) is 0 Å². The molecule has 0 aliphatic heterocycles. The van der Waals surface area contributed by atoms with E-state index in [2.05, 4.69) is 4.18 Å². The second-order valence-corrected chi connectivity index (χ2v) is 2.75. The van der Waals surface area contributed by atoms with E-state index in [9.17, 15) is 8.76 Å². The van der Waals surface area contributed by atoms with Crippen molar-refractivity contribution >= 4 is 23.0 Å². The summed E-state index contributed by atoms with van der Waals surface area (Å²) in [5, 5.41) is 0.536. The molecule has 0 radical (unpaired) electrons. The maximum absolute atomic E-state index is 10.00. The highest BCUT2D eigenvalue weighted by Gasteiger charge is 1.91. The van der Waals surface area contributed by atoms with Crippen molar-refractivity contribution in [2.45, 2.75) is 0 Å². The fraction of sp³-hybridized carbons (Fsp3) is 0. The van der Waals surface area contributed by atoms with Gasteiger partial charge in [-0.05, 0) is 24.3 Å². The Morgan fingerprint density at radius 2 is 1.91 bits per heavy atom. The summed E-state index contributed by atoms with van der Waals surface area (Å²) in [4.78, 5) is 0. The molecular weight excluding hydrogens is 188 g/mol. The van der Waals surface area contributed by atoms with Crippen LogP contribution in [0.2, 0.25) is 5.02 Å². The third-order valence-electron chi connectivity index (χ3n) is 0.978. The normalized spacial score (nSPS) is 12.5. The predicted molar refractivity (Wildman–Crippen MR) is 41.0 cm³/mol. The van der Waals surface area contributed by atoms with Gasteiger partial charge in [0.15, 0.2) is 0 Å². The van der Waals surface area contributed by atoms with Crippen LogP contribution in [-0.4, -0.2) is 8.76 Å². The van der Waals surface area contributed by atoms with Crippen LogP contribution in [-0.2, 0) is 11.4 Å². The molecule has 1 rings (SSSR count). The molecule has 1 aromatic carbocycles. The summed E-state index contributed by atoms with van der Waals surface area (Å²) < 4.78 is 24.3. The van der Waals surface area contributed by atoms with Gasteiger partial charge in [-0.3, -0.25) is 0 Å². The fourth-order valence-electron chi connectivity index (χ4n) is 0.569. The van der Waals surface area contributed by atoms with Gasteiger partial charge in [-0.1, -0.05) is 11.6 Å². The molecule has 1 unspecified atom stereocenters. The number of hydrogen-bond donors (Lipinski definition) is 0. The van der Waals surface area contributed by atoms with Crippen LogP contribution >= 0.6 is 11.6 Å². The zero-order valence-corrected chi connectivity index (χ0v) is 6.89. The number of benzene rings is 1. The molecule has 0 amide bonds. The van der Waals surface area contributed by atoms with E-state index in [1.165, 1.54) is 12.1 Å². The van der Waals surface area contributed by atoms with Gasteiger partial charge in [0, 0.05) is 5.02 Å². The van der Waals surface area contributed by atoms with Crippen molar-refractivity contribution in [1.82, 2.24) is 0 Å². The molecule has 11 heavy (non-hydrogen) atoms. The van der Waals surface area contributed by atoms with Crippen molar-refractivity contribution in [3.8, 4) is 5.75 Å². The number of rotatable bonds is 2. The van der Waals surface area contributed by atoms with E-state index in [1.54, 1.807) is 12.1 Å². The molecular formula is C6H4ClO3S-. The molecule has 0 aliphatic rings. The Labute approximate surface area is 71.4 Å². The van der Waals surface area contributed by atoms with Crippen molar-refractivity contribution in [3.05, 3.63) is 29.3 Å². The van der Waals surface area contributed by atoms with Crippen molar-refractivity contribution in [3.63, 3.8) is 0 Å². The lowest BCUT2D eigenvalue weighted by atomic mass is 10.3. The lowest BCUT2D eigenvalue weighted by molar-refractivity contribution is 0.440. The van der Waals surface area contributed by atoms with E-state index in [1.807, 2.05) is 0 Å². The van der Waals surface area contributed by atoms with Gasteiger partial charge in [-0.25, -0.2) is 4.21 Å². The molecule has 1 aromatic rings. The first-order chi connectivity index (χ1) is 5.18. The SMILES string of the molecule is O=S([O-])Oc1ccc(Cl)cc1. The van der Waals surface area contributed by atoms with Gasteiger partial charge in [-0.15, -0.1) is 0 Å². The highest BCUT2D eigenvalue weighted by Crippen LogP contribution is 2.15. The van der Waals surface area contributed by atoms with Crippen molar-refractivity contribution in [2.75, 3.05) is 0 Å². The summed E-state index contributed by atoms with van der Waals surface area (Å²) in [5.74, 6) is 0.253. The van der Waals surface area contributed by atoms with Crippen LogP contribution in [0.1, 0.15) is 0 Å². The van der Waals surface area contributed by atoms with Gasteiger partial charge < -0.3 is 8.74 Å². The molecule has 0 spiro atoms. The lowest BCUT2D eigenvalue weighted by Gasteiger charge is -2.05. The Morgan fingerprint density at radius 1 is 1.36 bits per heavy atom. The third kappa shape index (κ3) is 2.88. The topological polar surface area (TPSA) is 49.4 Å². The predicted octanol–water partition coefficient (Wildman–Crippen LogP) is 1.51. The van der Waals surface area contributed by atoms with Crippen LogP contribution in [0.4, 0.5) is 0 Å². The molecule has 0 saturated heterocycles. The molecule has 0 N–H and O–H groups in total. The average molecular weight is 192 g/mol.